The van der Waals surface area contributed by atoms with Gasteiger partial charge in [0.05, 0.1) is 23.9 Å². The van der Waals surface area contributed by atoms with Crippen LogP contribution < -0.4 is 10.2 Å². The van der Waals surface area contributed by atoms with E-state index >= 15 is 0 Å². The first-order valence-corrected chi connectivity index (χ1v) is 7.83. The smallest absolute Gasteiger partial charge is 0.141 e. The molecule has 0 aliphatic rings. The molecule has 0 radical (unpaired) electrons. The van der Waals surface area contributed by atoms with Gasteiger partial charge >= 0.3 is 0 Å². The first-order chi connectivity index (χ1) is 9.97. The normalized spacial score (nSPS) is 11.1. The average Bonchev–Trinajstić information content (AvgIpc) is 2.82. The van der Waals surface area contributed by atoms with Crippen LogP contribution in [0.2, 0.25) is 0 Å². The molecular formula is C15H21FN4S. The van der Waals surface area contributed by atoms with E-state index in [1.165, 1.54) is 11.1 Å². The van der Waals surface area contributed by atoms with Crippen molar-refractivity contribution in [2.24, 2.45) is 0 Å². The molecule has 1 N–H and O–H groups in total. The molecule has 0 fully saturated rings. The van der Waals surface area contributed by atoms with Gasteiger partial charge in [-0.05, 0) is 13.0 Å². The van der Waals surface area contributed by atoms with Gasteiger partial charge in [0, 0.05) is 30.1 Å². The Morgan fingerprint density at radius 2 is 2.14 bits per heavy atom. The van der Waals surface area contributed by atoms with Crippen molar-refractivity contribution in [1.29, 1.82) is 0 Å². The fraction of sp³-hybridized carbons (Fsp3) is 0.467. The van der Waals surface area contributed by atoms with Gasteiger partial charge in [0.15, 0.2) is 0 Å². The topological polar surface area (TPSA) is 41.1 Å². The molecule has 21 heavy (non-hydrogen) atoms. The van der Waals surface area contributed by atoms with Crippen LogP contribution in [0.4, 0.5) is 10.2 Å². The van der Waals surface area contributed by atoms with E-state index in [1.54, 1.807) is 17.4 Å². The Bertz CT molecular complexity index is 597. The summed E-state index contributed by atoms with van der Waals surface area (Å²) in [6, 6.07) is 1.89. The van der Waals surface area contributed by atoms with Crippen LogP contribution in [0.15, 0.2) is 17.8 Å². The highest BCUT2D eigenvalue weighted by atomic mass is 32.1. The van der Waals surface area contributed by atoms with Crippen molar-refractivity contribution in [1.82, 2.24) is 15.3 Å². The van der Waals surface area contributed by atoms with Crippen LogP contribution >= 0.6 is 11.3 Å². The molecule has 114 valence electrons. The largest absolute Gasteiger partial charge is 0.354 e. The van der Waals surface area contributed by atoms with Gasteiger partial charge in [0.2, 0.25) is 0 Å². The highest BCUT2D eigenvalue weighted by Gasteiger charge is 2.13. The molecule has 0 atom stereocenters. The van der Waals surface area contributed by atoms with Gasteiger partial charge < -0.3 is 10.2 Å². The SMILES string of the molecule is Cc1ncsc1CN(C)c1ncc(F)cc1CNC(C)C. The second-order valence-electron chi connectivity index (χ2n) is 5.39. The van der Waals surface area contributed by atoms with Gasteiger partial charge in [-0.2, -0.15) is 0 Å². The summed E-state index contributed by atoms with van der Waals surface area (Å²) >= 11 is 1.63. The summed E-state index contributed by atoms with van der Waals surface area (Å²) in [6.45, 7) is 7.46. The minimum atomic E-state index is -0.304. The lowest BCUT2D eigenvalue weighted by Gasteiger charge is -2.21. The van der Waals surface area contributed by atoms with Crippen molar-refractivity contribution in [3.05, 3.63) is 39.7 Å². The third-order valence-electron chi connectivity index (χ3n) is 3.20. The lowest BCUT2D eigenvalue weighted by atomic mass is 10.2. The van der Waals surface area contributed by atoms with Gasteiger partial charge in [-0.1, -0.05) is 13.8 Å². The highest BCUT2D eigenvalue weighted by molar-refractivity contribution is 7.09. The number of hydrogen-bond acceptors (Lipinski definition) is 5. The number of pyridine rings is 1. The molecule has 0 aliphatic carbocycles. The molecule has 0 aromatic carbocycles. The number of aromatic nitrogens is 2. The van der Waals surface area contributed by atoms with Crippen LogP contribution in [-0.2, 0) is 13.1 Å². The Morgan fingerprint density at radius 3 is 2.76 bits per heavy atom. The predicted molar refractivity (Wildman–Crippen MR) is 85.1 cm³/mol. The molecule has 2 aromatic rings. The highest BCUT2D eigenvalue weighted by Crippen LogP contribution is 2.22. The van der Waals surface area contributed by atoms with E-state index in [2.05, 4.69) is 29.1 Å². The van der Waals surface area contributed by atoms with Gasteiger partial charge in [-0.3, -0.25) is 0 Å². The Kier molecular flexibility index (Phi) is 5.25. The molecular weight excluding hydrogens is 287 g/mol. The number of nitrogens with one attached hydrogen (secondary N) is 1. The zero-order valence-corrected chi connectivity index (χ0v) is 13.7. The molecule has 4 nitrogen and oxygen atoms in total. The summed E-state index contributed by atoms with van der Waals surface area (Å²) < 4.78 is 13.5. The summed E-state index contributed by atoms with van der Waals surface area (Å²) in [7, 11) is 1.97. The zero-order valence-electron chi connectivity index (χ0n) is 12.9. The fourth-order valence-electron chi connectivity index (χ4n) is 2.03. The van der Waals surface area contributed by atoms with Crippen LogP contribution in [0.5, 0.6) is 0 Å². The van der Waals surface area contributed by atoms with Crippen molar-refractivity contribution in [3.8, 4) is 0 Å². The van der Waals surface area contributed by atoms with Crippen LogP contribution in [-0.4, -0.2) is 23.1 Å². The van der Waals surface area contributed by atoms with Crippen LogP contribution in [0, 0.1) is 12.7 Å². The van der Waals surface area contributed by atoms with Crippen molar-refractivity contribution in [2.75, 3.05) is 11.9 Å². The third kappa shape index (κ3) is 4.22. The number of rotatable bonds is 6. The fourth-order valence-corrected chi connectivity index (χ4v) is 2.86. The molecule has 6 heteroatoms. The third-order valence-corrected chi connectivity index (χ3v) is 4.12. The Balaban J connectivity index is 2.19. The number of nitrogens with zero attached hydrogens (tertiary/aromatic N) is 3. The number of halogens is 1. The van der Waals surface area contributed by atoms with E-state index < -0.39 is 0 Å². The number of thiazole rings is 1. The van der Waals surface area contributed by atoms with Gasteiger partial charge in [-0.25, -0.2) is 14.4 Å². The van der Waals surface area contributed by atoms with E-state index in [0.717, 1.165) is 23.6 Å². The van der Waals surface area contributed by atoms with E-state index in [-0.39, 0.29) is 5.82 Å². The molecule has 0 amide bonds. The summed E-state index contributed by atoms with van der Waals surface area (Å²) in [4.78, 5) is 11.8. The average molecular weight is 308 g/mol. The number of aryl methyl sites for hydroxylation is 1. The molecule has 0 saturated heterocycles. The first-order valence-electron chi connectivity index (χ1n) is 6.95. The number of anilines is 1. The molecule has 2 heterocycles. The van der Waals surface area contributed by atoms with Gasteiger partial charge in [-0.15, -0.1) is 11.3 Å². The maximum atomic E-state index is 13.5. The lowest BCUT2D eigenvalue weighted by molar-refractivity contribution is 0.577. The van der Waals surface area contributed by atoms with Gasteiger partial charge in [0.1, 0.15) is 11.6 Å². The van der Waals surface area contributed by atoms with E-state index in [1.807, 2.05) is 24.4 Å². The molecule has 0 spiro atoms. The predicted octanol–water partition coefficient (Wildman–Crippen LogP) is 3.12. The second-order valence-corrected chi connectivity index (χ2v) is 6.33. The maximum absolute atomic E-state index is 13.5. The zero-order chi connectivity index (χ0) is 15.4. The lowest BCUT2D eigenvalue weighted by Crippen LogP contribution is -2.25. The monoisotopic (exact) mass is 308 g/mol. The number of hydrogen-bond donors (Lipinski definition) is 1. The van der Waals surface area contributed by atoms with E-state index in [4.69, 9.17) is 0 Å². The standard InChI is InChI=1S/C15H21FN4S/c1-10(2)17-6-12-5-13(16)7-18-15(12)20(4)8-14-11(3)19-9-21-14/h5,7,9-10,17H,6,8H2,1-4H3. The minimum absolute atomic E-state index is 0.304. The van der Waals surface area contributed by atoms with Gasteiger partial charge in [0.25, 0.3) is 0 Å². The quantitative estimate of drug-likeness (QED) is 0.890. The van der Waals surface area contributed by atoms with Crippen molar-refractivity contribution in [3.63, 3.8) is 0 Å². The van der Waals surface area contributed by atoms with E-state index in [9.17, 15) is 4.39 Å². The summed E-state index contributed by atoms with van der Waals surface area (Å²) in [6.07, 6.45) is 1.27. The first kappa shape index (κ1) is 15.9. The summed E-state index contributed by atoms with van der Waals surface area (Å²) in [5, 5.41) is 3.31. The van der Waals surface area contributed by atoms with Crippen LogP contribution in [0.25, 0.3) is 0 Å². The second kappa shape index (κ2) is 6.95. The van der Waals surface area contributed by atoms with Crippen LogP contribution in [0.3, 0.4) is 0 Å². The molecule has 2 aromatic heterocycles. The Hall–Kier alpha value is -1.53. The molecule has 0 saturated carbocycles. The van der Waals surface area contributed by atoms with Crippen molar-refractivity contribution >= 4 is 17.2 Å². The Labute approximate surface area is 129 Å². The van der Waals surface area contributed by atoms with E-state index in [0.29, 0.717) is 12.6 Å². The molecule has 0 bridgehead atoms. The molecule has 2 rings (SSSR count). The molecule has 0 aliphatic heterocycles. The van der Waals surface area contributed by atoms with Crippen molar-refractivity contribution in [2.45, 2.75) is 39.9 Å². The molecule has 0 unspecified atom stereocenters. The van der Waals surface area contributed by atoms with Crippen LogP contribution in [0.1, 0.15) is 30.0 Å². The van der Waals surface area contributed by atoms with Crippen molar-refractivity contribution < 1.29 is 4.39 Å². The summed E-state index contributed by atoms with van der Waals surface area (Å²) in [5.41, 5.74) is 3.75. The summed E-state index contributed by atoms with van der Waals surface area (Å²) in [5.74, 6) is 0.499. The minimum Gasteiger partial charge on any atom is -0.354 e. The maximum Gasteiger partial charge on any atom is 0.141 e. The Morgan fingerprint density at radius 1 is 1.38 bits per heavy atom.